The van der Waals surface area contributed by atoms with E-state index in [2.05, 4.69) is 91.0 Å². The first-order chi connectivity index (χ1) is 17.7. The lowest BCUT2D eigenvalue weighted by molar-refractivity contribution is 0.0723. The Morgan fingerprint density at radius 3 is 2.11 bits per heavy atom. The molecule has 0 saturated carbocycles. The van der Waals surface area contributed by atoms with Crippen LogP contribution in [0.2, 0.25) is 0 Å². The molecule has 4 heteroatoms. The molecule has 2 atom stereocenters. The Morgan fingerprint density at radius 1 is 0.750 bits per heavy atom. The fraction of sp³-hybridized carbons (Fsp3) is 0.0938. The van der Waals surface area contributed by atoms with E-state index >= 15 is 0 Å². The van der Waals surface area contributed by atoms with Gasteiger partial charge in [-0.05, 0) is 40.0 Å². The summed E-state index contributed by atoms with van der Waals surface area (Å²) in [4.78, 5) is 0. The quantitative estimate of drug-likeness (QED) is 0.252. The summed E-state index contributed by atoms with van der Waals surface area (Å²) in [7, 11) is 0. The van der Waals surface area contributed by atoms with Crippen LogP contribution in [0.3, 0.4) is 0 Å². The van der Waals surface area contributed by atoms with Crippen molar-refractivity contribution in [2.45, 2.75) is 17.6 Å². The summed E-state index contributed by atoms with van der Waals surface area (Å²) >= 11 is 0. The van der Waals surface area contributed by atoms with Gasteiger partial charge in [0.05, 0.1) is 5.41 Å². The number of hydrogen-bond donors (Lipinski definition) is 2. The number of nitrogens with two attached hydrogens (primary N) is 1. The van der Waals surface area contributed by atoms with Gasteiger partial charge in [-0.1, -0.05) is 103 Å². The van der Waals surface area contributed by atoms with Crippen LogP contribution in [0.25, 0.3) is 11.1 Å². The number of ether oxygens (including phenoxy) is 2. The number of amidine groups is 1. The van der Waals surface area contributed by atoms with E-state index in [1.54, 1.807) is 0 Å². The summed E-state index contributed by atoms with van der Waals surface area (Å²) in [5.74, 6) is 1.41. The lowest BCUT2D eigenvalue weighted by atomic mass is 9.68. The minimum Gasteiger partial charge on any atom is -0.478 e. The van der Waals surface area contributed by atoms with Crippen molar-refractivity contribution in [3.63, 3.8) is 0 Å². The molecular formula is C32H24N2O2. The molecule has 174 valence electrons. The van der Waals surface area contributed by atoms with Crippen LogP contribution in [-0.4, -0.2) is 18.0 Å². The molecule has 0 saturated heterocycles. The van der Waals surface area contributed by atoms with Gasteiger partial charge in [0.25, 0.3) is 0 Å². The van der Waals surface area contributed by atoms with E-state index in [0.29, 0.717) is 17.1 Å². The highest BCUT2D eigenvalue weighted by molar-refractivity contribution is 5.97. The Morgan fingerprint density at radius 2 is 1.42 bits per heavy atom. The summed E-state index contributed by atoms with van der Waals surface area (Å²) < 4.78 is 13.1. The smallest absolute Gasteiger partial charge is 0.170 e. The third-order valence-electron chi connectivity index (χ3n) is 7.54. The number of fused-ring (bicyclic) bond motifs is 6. The SMILES string of the molecule is N=C(N)C1=CC=CC2Oc3ccc4c(c3OC12)-c1ccccc1C4(c1ccccc1)c1ccccc1. The monoisotopic (exact) mass is 468 g/mol. The largest absolute Gasteiger partial charge is 0.478 e. The zero-order valence-corrected chi connectivity index (χ0v) is 19.5. The summed E-state index contributed by atoms with van der Waals surface area (Å²) in [5, 5.41) is 8.09. The van der Waals surface area contributed by atoms with Crippen LogP contribution in [0.15, 0.2) is 121 Å². The molecule has 0 aromatic heterocycles. The van der Waals surface area contributed by atoms with Gasteiger partial charge >= 0.3 is 0 Å². The van der Waals surface area contributed by atoms with Crippen LogP contribution in [0.4, 0.5) is 0 Å². The van der Waals surface area contributed by atoms with E-state index < -0.39 is 11.5 Å². The molecule has 2 unspecified atom stereocenters. The molecule has 0 fully saturated rings. The van der Waals surface area contributed by atoms with Gasteiger partial charge in [-0.15, -0.1) is 0 Å². The minimum absolute atomic E-state index is 0.00251. The van der Waals surface area contributed by atoms with E-state index in [4.69, 9.17) is 20.6 Å². The van der Waals surface area contributed by atoms with Crippen molar-refractivity contribution in [3.05, 3.63) is 143 Å². The zero-order valence-electron chi connectivity index (χ0n) is 19.5. The summed E-state index contributed by atoms with van der Waals surface area (Å²) in [6, 6.07) is 34.1. The number of benzene rings is 4. The predicted octanol–water partition coefficient (Wildman–Crippen LogP) is 5.99. The van der Waals surface area contributed by atoms with E-state index in [1.165, 1.54) is 16.7 Å². The second kappa shape index (κ2) is 7.72. The Balaban J connectivity index is 1.54. The van der Waals surface area contributed by atoms with E-state index in [-0.39, 0.29) is 11.9 Å². The summed E-state index contributed by atoms with van der Waals surface area (Å²) in [6.45, 7) is 0. The maximum Gasteiger partial charge on any atom is 0.170 e. The van der Waals surface area contributed by atoms with Crippen molar-refractivity contribution in [3.8, 4) is 22.6 Å². The Kier molecular flexibility index (Phi) is 4.45. The van der Waals surface area contributed by atoms with Gasteiger partial charge in [0.1, 0.15) is 5.84 Å². The minimum atomic E-state index is -0.505. The fourth-order valence-corrected chi connectivity index (χ4v) is 6.08. The van der Waals surface area contributed by atoms with Crippen molar-refractivity contribution in [1.29, 1.82) is 5.41 Å². The van der Waals surface area contributed by atoms with Crippen molar-refractivity contribution in [2.75, 3.05) is 0 Å². The van der Waals surface area contributed by atoms with E-state index in [9.17, 15) is 0 Å². The zero-order chi connectivity index (χ0) is 24.3. The normalized spacial score (nSPS) is 20.1. The van der Waals surface area contributed by atoms with Crippen LogP contribution < -0.4 is 15.2 Å². The van der Waals surface area contributed by atoms with Gasteiger partial charge in [0.2, 0.25) is 0 Å². The number of allylic oxidation sites excluding steroid dienone is 2. The van der Waals surface area contributed by atoms with Crippen LogP contribution in [-0.2, 0) is 5.41 Å². The van der Waals surface area contributed by atoms with Crippen LogP contribution in [0.5, 0.6) is 11.5 Å². The van der Waals surface area contributed by atoms with Gasteiger partial charge in [-0.3, -0.25) is 5.41 Å². The number of rotatable bonds is 3. The highest BCUT2D eigenvalue weighted by atomic mass is 16.6. The first-order valence-electron chi connectivity index (χ1n) is 12.1. The average molecular weight is 469 g/mol. The second-order valence-electron chi connectivity index (χ2n) is 9.38. The van der Waals surface area contributed by atoms with Gasteiger partial charge in [-0.25, -0.2) is 0 Å². The molecule has 0 bridgehead atoms. The average Bonchev–Trinajstić information content (AvgIpc) is 3.24. The molecule has 36 heavy (non-hydrogen) atoms. The molecule has 7 rings (SSSR count). The third-order valence-corrected chi connectivity index (χ3v) is 7.54. The molecule has 0 radical (unpaired) electrons. The van der Waals surface area contributed by atoms with Crippen molar-refractivity contribution in [1.82, 2.24) is 0 Å². The van der Waals surface area contributed by atoms with Gasteiger partial charge < -0.3 is 15.2 Å². The Hall–Kier alpha value is -4.57. The fourth-order valence-electron chi connectivity index (χ4n) is 6.08. The molecular weight excluding hydrogens is 444 g/mol. The van der Waals surface area contributed by atoms with Crippen molar-refractivity contribution < 1.29 is 9.47 Å². The topological polar surface area (TPSA) is 68.3 Å². The van der Waals surface area contributed by atoms with Gasteiger partial charge in [0, 0.05) is 11.1 Å². The summed E-state index contributed by atoms with van der Waals surface area (Å²) in [6.07, 6.45) is 4.88. The molecule has 3 N–H and O–H groups in total. The molecule has 1 aliphatic heterocycles. The summed E-state index contributed by atoms with van der Waals surface area (Å²) in [5.41, 5.74) is 13.0. The van der Waals surface area contributed by atoms with Crippen molar-refractivity contribution in [2.24, 2.45) is 5.73 Å². The highest BCUT2D eigenvalue weighted by Gasteiger charge is 2.49. The molecule has 1 heterocycles. The number of hydrogen-bond acceptors (Lipinski definition) is 3. The maximum atomic E-state index is 8.09. The Bertz CT molecular complexity index is 1530. The van der Waals surface area contributed by atoms with E-state index in [0.717, 1.165) is 16.7 Å². The third kappa shape index (κ3) is 2.73. The maximum absolute atomic E-state index is 8.09. The lowest BCUT2D eigenvalue weighted by Gasteiger charge is -2.37. The molecule has 4 aromatic carbocycles. The molecule has 0 amide bonds. The standard InChI is InChI=1S/C32H24N2O2/c33-31(34)23-15-9-17-26-29(23)36-30-27(35-26)19-18-25-28(30)22-14-7-8-16-24(22)32(25,20-10-3-1-4-11-20)21-12-5-2-6-13-21/h1-19,26,29H,(H3,33,34). The van der Waals surface area contributed by atoms with Crippen LogP contribution in [0.1, 0.15) is 22.3 Å². The van der Waals surface area contributed by atoms with Crippen LogP contribution in [0, 0.1) is 5.41 Å². The molecule has 3 aliphatic rings. The predicted molar refractivity (Wildman–Crippen MR) is 142 cm³/mol. The molecule has 4 nitrogen and oxygen atoms in total. The first-order valence-corrected chi connectivity index (χ1v) is 12.1. The second-order valence-corrected chi connectivity index (χ2v) is 9.38. The van der Waals surface area contributed by atoms with Gasteiger partial charge in [-0.2, -0.15) is 0 Å². The molecule has 0 spiro atoms. The van der Waals surface area contributed by atoms with Crippen molar-refractivity contribution >= 4 is 5.84 Å². The van der Waals surface area contributed by atoms with Gasteiger partial charge in [0.15, 0.2) is 23.7 Å². The molecule has 2 aliphatic carbocycles. The lowest BCUT2D eigenvalue weighted by Crippen LogP contribution is -2.44. The Labute approximate surface area is 209 Å². The molecule has 4 aromatic rings. The highest BCUT2D eigenvalue weighted by Crippen LogP contribution is 2.60. The first kappa shape index (κ1) is 20.8. The van der Waals surface area contributed by atoms with E-state index in [1.807, 2.05) is 24.3 Å². The number of nitrogens with one attached hydrogen (secondary N) is 1. The van der Waals surface area contributed by atoms with Crippen LogP contribution >= 0.6 is 0 Å².